The Morgan fingerprint density at radius 1 is 1.25 bits per heavy atom. The number of benzene rings is 1. The highest BCUT2D eigenvalue weighted by Gasteiger charge is 2.15. The lowest BCUT2D eigenvalue weighted by atomic mass is 10.2. The minimum absolute atomic E-state index is 0.483. The van der Waals surface area contributed by atoms with Gasteiger partial charge >= 0.3 is 0 Å². The van der Waals surface area contributed by atoms with Crippen molar-refractivity contribution in [2.75, 3.05) is 0 Å². The second-order valence-corrected chi connectivity index (χ2v) is 4.98. The first-order valence-corrected chi connectivity index (χ1v) is 7.34. The van der Waals surface area contributed by atoms with E-state index < -0.39 is 0 Å². The highest BCUT2D eigenvalue weighted by Crippen LogP contribution is 2.27. The zero-order chi connectivity index (χ0) is 13.9. The molecule has 0 saturated carbocycles. The Labute approximate surface area is 124 Å². The summed E-state index contributed by atoms with van der Waals surface area (Å²) in [4.78, 5) is 4.50. The first-order valence-electron chi connectivity index (χ1n) is 6.22. The zero-order valence-electron chi connectivity index (χ0n) is 10.9. The quantitative estimate of drug-likeness (QED) is 0.745. The van der Waals surface area contributed by atoms with Crippen LogP contribution in [0.2, 0.25) is 0 Å². The molecule has 3 rings (SSSR count). The number of ether oxygens (including phenoxy) is 1. The van der Waals surface area contributed by atoms with E-state index in [0.29, 0.717) is 17.8 Å². The number of aromatic nitrogens is 4. The van der Waals surface area contributed by atoms with Gasteiger partial charge in [-0.05, 0) is 12.5 Å². The van der Waals surface area contributed by atoms with Gasteiger partial charge in [-0.3, -0.25) is 5.10 Å². The van der Waals surface area contributed by atoms with Crippen LogP contribution in [0.4, 0.5) is 0 Å². The van der Waals surface area contributed by atoms with Gasteiger partial charge in [0.1, 0.15) is 17.6 Å². The van der Waals surface area contributed by atoms with Gasteiger partial charge in [0.15, 0.2) is 0 Å². The Kier molecular flexibility index (Phi) is 3.64. The van der Waals surface area contributed by atoms with Gasteiger partial charge in [0, 0.05) is 5.33 Å². The molecule has 20 heavy (non-hydrogen) atoms. The van der Waals surface area contributed by atoms with Gasteiger partial charge < -0.3 is 4.74 Å². The number of hydrogen-bond donors (Lipinski definition) is 1. The van der Waals surface area contributed by atoms with Crippen molar-refractivity contribution in [1.82, 2.24) is 20.4 Å². The molecule has 5 nitrogen and oxygen atoms in total. The summed E-state index contributed by atoms with van der Waals surface area (Å²) < 4.78 is 5.85. The fourth-order valence-corrected chi connectivity index (χ4v) is 2.54. The van der Waals surface area contributed by atoms with Crippen LogP contribution in [0.1, 0.15) is 16.8 Å². The molecule has 0 atom stereocenters. The number of aromatic amines is 1. The fourth-order valence-electron chi connectivity index (χ4n) is 2.03. The van der Waals surface area contributed by atoms with Crippen LogP contribution in [0.3, 0.4) is 0 Å². The van der Waals surface area contributed by atoms with Crippen LogP contribution >= 0.6 is 15.9 Å². The normalized spacial score (nSPS) is 10.9. The highest BCUT2D eigenvalue weighted by atomic mass is 79.9. The Morgan fingerprint density at radius 2 is 2.05 bits per heavy atom. The molecule has 0 amide bonds. The molecule has 1 aromatic carbocycles. The molecule has 2 heterocycles. The minimum Gasteiger partial charge on any atom is -0.473 e. The molecular formula is C14H13BrN4O. The third kappa shape index (κ3) is 2.38. The third-order valence-electron chi connectivity index (χ3n) is 3.08. The van der Waals surface area contributed by atoms with E-state index >= 15 is 0 Å². The maximum absolute atomic E-state index is 5.85. The van der Waals surface area contributed by atoms with Crippen molar-refractivity contribution in [2.24, 2.45) is 0 Å². The van der Waals surface area contributed by atoms with Crippen molar-refractivity contribution < 1.29 is 4.74 Å². The monoisotopic (exact) mass is 332 g/mol. The summed E-state index contributed by atoms with van der Waals surface area (Å²) >= 11 is 3.46. The number of alkyl halides is 1. The maximum atomic E-state index is 5.85. The molecule has 0 aliphatic heterocycles. The summed E-state index contributed by atoms with van der Waals surface area (Å²) in [6.07, 6.45) is 0. The first kappa shape index (κ1) is 13.1. The van der Waals surface area contributed by atoms with Gasteiger partial charge in [-0.15, -0.1) is 5.10 Å². The molecule has 6 heteroatoms. The number of nitrogens with one attached hydrogen (secondary N) is 1. The van der Waals surface area contributed by atoms with E-state index in [1.165, 1.54) is 0 Å². The second kappa shape index (κ2) is 5.58. The van der Waals surface area contributed by atoms with Crippen LogP contribution in [0.5, 0.6) is 5.88 Å². The van der Waals surface area contributed by atoms with Crippen molar-refractivity contribution in [3.63, 3.8) is 0 Å². The third-order valence-corrected chi connectivity index (χ3v) is 3.64. The van der Waals surface area contributed by atoms with E-state index in [-0.39, 0.29) is 0 Å². The number of H-pyrrole nitrogens is 1. The second-order valence-electron chi connectivity index (χ2n) is 4.42. The van der Waals surface area contributed by atoms with Gasteiger partial charge in [-0.1, -0.05) is 51.5 Å². The van der Waals surface area contributed by atoms with Crippen molar-refractivity contribution >= 4 is 27.0 Å². The van der Waals surface area contributed by atoms with Crippen LogP contribution in [0, 0.1) is 6.92 Å². The number of hydrogen-bond acceptors (Lipinski definition) is 4. The summed E-state index contributed by atoms with van der Waals surface area (Å²) in [6.45, 7) is 2.40. The predicted molar refractivity (Wildman–Crippen MR) is 79.8 cm³/mol. The average Bonchev–Trinajstić information content (AvgIpc) is 2.96. The Bertz CT molecular complexity index is 727. The Morgan fingerprint density at radius 3 is 2.80 bits per heavy atom. The molecule has 0 aliphatic rings. The number of halogens is 1. The Balaban J connectivity index is 1.94. The molecular weight excluding hydrogens is 320 g/mol. The van der Waals surface area contributed by atoms with Crippen LogP contribution in [-0.4, -0.2) is 20.4 Å². The number of rotatable bonds is 4. The van der Waals surface area contributed by atoms with Crippen LogP contribution in [0.15, 0.2) is 30.3 Å². The van der Waals surface area contributed by atoms with Crippen LogP contribution < -0.4 is 4.74 Å². The van der Waals surface area contributed by atoms with Crippen molar-refractivity contribution in [3.8, 4) is 5.88 Å². The van der Waals surface area contributed by atoms with E-state index in [9.17, 15) is 0 Å². The highest BCUT2D eigenvalue weighted by molar-refractivity contribution is 9.08. The Hall–Kier alpha value is -1.95. The number of pyridine rings is 1. The molecule has 3 aromatic rings. The van der Waals surface area contributed by atoms with Crippen LogP contribution in [-0.2, 0) is 11.9 Å². The summed E-state index contributed by atoms with van der Waals surface area (Å²) in [5.41, 5.74) is 4.50. The van der Waals surface area contributed by atoms with Gasteiger partial charge in [0.05, 0.1) is 11.3 Å². The van der Waals surface area contributed by atoms with Crippen molar-refractivity contribution in [3.05, 3.63) is 47.2 Å². The van der Waals surface area contributed by atoms with Crippen LogP contribution in [0.25, 0.3) is 11.0 Å². The lowest BCUT2D eigenvalue weighted by Gasteiger charge is -2.10. The van der Waals surface area contributed by atoms with E-state index in [1.807, 2.05) is 37.3 Å². The molecule has 0 unspecified atom stereocenters. The largest absolute Gasteiger partial charge is 0.473 e. The lowest BCUT2D eigenvalue weighted by Crippen LogP contribution is -2.02. The summed E-state index contributed by atoms with van der Waals surface area (Å²) in [5.74, 6) is 0.602. The fraction of sp³-hybridized carbons (Fsp3) is 0.214. The van der Waals surface area contributed by atoms with Gasteiger partial charge in [-0.25, -0.2) is 4.98 Å². The van der Waals surface area contributed by atoms with E-state index in [2.05, 4.69) is 36.3 Å². The van der Waals surface area contributed by atoms with E-state index in [4.69, 9.17) is 4.74 Å². The molecule has 0 aliphatic carbocycles. The molecule has 0 radical (unpaired) electrons. The number of aryl methyl sites for hydroxylation is 1. The first-order chi connectivity index (χ1) is 9.79. The molecule has 0 bridgehead atoms. The predicted octanol–water partition coefficient (Wildman–Crippen LogP) is 3.14. The molecule has 0 saturated heterocycles. The molecule has 0 fully saturated rings. The van der Waals surface area contributed by atoms with E-state index in [0.717, 1.165) is 27.9 Å². The molecule has 1 N–H and O–H groups in total. The molecule has 2 aromatic heterocycles. The summed E-state index contributed by atoms with van der Waals surface area (Å²) in [7, 11) is 0. The smallest absolute Gasteiger partial charge is 0.220 e. The SMILES string of the molecule is Cc1nc(OCc2ccccc2)c(CBr)c2nn[nH]c12. The number of fused-ring (bicyclic) bond motifs is 1. The zero-order valence-corrected chi connectivity index (χ0v) is 12.5. The topological polar surface area (TPSA) is 63.7 Å². The maximum Gasteiger partial charge on any atom is 0.220 e. The standard InChI is InChI=1S/C14H13BrN4O/c1-9-12-13(18-19-17-12)11(7-15)14(16-9)20-8-10-5-3-2-4-6-10/h2-6H,7-8H2,1H3,(H,17,18,19). The van der Waals surface area contributed by atoms with Gasteiger partial charge in [0.2, 0.25) is 5.88 Å². The molecule has 0 spiro atoms. The van der Waals surface area contributed by atoms with E-state index in [1.54, 1.807) is 0 Å². The van der Waals surface area contributed by atoms with Gasteiger partial charge in [-0.2, -0.15) is 0 Å². The van der Waals surface area contributed by atoms with Gasteiger partial charge in [0.25, 0.3) is 0 Å². The number of nitrogens with zero attached hydrogens (tertiary/aromatic N) is 3. The van der Waals surface area contributed by atoms with Crippen molar-refractivity contribution in [1.29, 1.82) is 0 Å². The van der Waals surface area contributed by atoms with Crippen molar-refractivity contribution in [2.45, 2.75) is 18.9 Å². The minimum atomic E-state index is 0.483. The summed E-state index contributed by atoms with van der Waals surface area (Å²) in [5, 5.41) is 11.4. The molecule has 102 valence electrons. The lowest BCUT2D eigenvalue weighted by molar-refractivity contribution is 0.291. The average molecular weight is 333 g/mol. The summed E-state index contributed by atoms with van der Waals surface area (Å²) in [6, 6.07) is 10.0.